The molecule has 0 bridgehead atoms. The number of alkyl halides is 1. The van der Waals surface area contributed by atoms with E-state index in [1.165, 1.54) is 6.07 Å². The van der Waals surface area contributed by atoms with E-state index in [0.29, 0.717) is 28.6 Å². The fourth-order valence-electron chi connectivity index (χ4n) is 1.56. The summed E-state index contributed by atoms with van der Waals surface area (Å²) in [7, 11) is 0. The van der Waals surface area contributed by atoms with Crippen LogP contribution in [-0.4, -0.2) is 43.0 Å². The Hall–Kier alpha value is -0.210. The van der Waals surface area contributed by atoms with Crippen molar-refractivity contribution in [2.24, 2.45) is 0 Å². The Labute approximate surface area is 197 Å². The van der Waals surface area contributed by atoms with Crippen LogP contribution in [0.3, 0.4) is 0 Å². The molecule has 2 unspecified atom stereocenters. The van der Waals surface area contributed by atoms with Gasteiger partial charge in [-0.2, -0.15) is 0 Å². The lowest BCUT2D eigenvalue weighted by Gasteiger charge is -2.04. The van der Waals surface area contributed by atoms with Gasteiger partial charge in [0.25, 0.3) is 0 Å². The zero-order valence-electron chi connectivity index (χ0n) is 14.0. The van der Waals surface area contributed by atoms with Gasteiger partial charge in [-0.25, -0.2) is 0 Å². The predicted octanol–water partition coefficient (Wildman–Crippen LogP) is 6.95. The minimum absolute atomic E-state index is 0. The van der Waals surface area contributed by atoms with Crippen LogP contribution in [0.15, 0.2) is 45.3 Å². The van der Waals surface area contributed by atoms with Gasteiger partial charge >= 0.3 is 0 Å². The highest BCUT2D eigenvalue weighted by atomic mass is 79.9. The summed E-state index contributed by atoms with van der Waals surface area (Å²) in [5.74, 6) is 1.63. The van der Waals surface area contributed by atoms with Gasteiger partial charge in [-0.15, -0.1) is 11.6 Å². The highest BCUT2D eigenvalue weighted by Gasteiger charge is 2.23. The third-order valence-electron chi connectivity index (χ3n) is 3.21. The van der Waals surface area contributed by atoms with E-state index < -0.39 is 0 Å². The van der Waals surface area contributed by atoms with Gasteiger partial charge in [0.2, 0.25) is 0 Å². The summed E-state index contributed by atoms with van der Waals surface area (Å²) in [5.41, 5.74) is 0. The molecule has 1 N–H and O–H groups in total. The molecule has 9 heteroatoms. The Kier molecular flexibility index (Phi) is 12.1. The fraction of sp³-hybridized carbons (Fsp3) is 0.368. The molecule has 4 rings (SSSR count). The van der Waals surface area contributed by atoms with Crippen molar-refractivity contribution in [3.8, 4) is 11.5 Å². The number of halogens is 5. The number of benzene rings is 2. The maximum Gasteiger partial charge on any atom is 0.121 e. The molecule has 2 atom stereocenters. The molecule has 2 heterocycles. The Morgan fingerprint density at radius 3 is 1.89 bits per heavy atom. The molecule has 0 aliphatic carbocycles. The zero-order valence-corrected chi connectivity index (χ0v) is 19.4. The number of phenols is 1. The van der Waals surface area contributed by atoms with E-state index in [9.17, 15) is 0 Å². The molecule has 156 valence electrons. The predicted molar refractivity (Wildman–Crippen MR) is 122 cm³/mol. The van der Waals surface area contributed by atoms with Crippen molar-refractivity contribution in [3.05, 3.63) is 55.4 Å². The second-order valence-electron chi connectivity index (χ2n) is 5.55. The van der Waals surface area contributed by atoms with E-state index in [1.54, 1.807) is 18.2 Å². The molecule has 2 fully saturated rings. The molecule has 2 saturated heterocycles. The van der Waals surface area contributed by atoms with Gasteiger partial charge in [0, 0.05) is 8.95 Å². The average Bonchev–Trinajstić information content (AvgIpc) is 3.55. The SMILES string of the molecule is C.ClCC1CO1.Clc1cc(OCC2CO2)ccc1Br.Oc1ccc(Br)c(Cl)c1. The summed E-state index contributed by atoms with van der Waals surface area (Å²) in [4.78, 5) is 0. The molecule has 2 aliphatic rings. The van der Waals surface area contributed by atoms with Crippen LogP contribution >= 0.6 is 66.7 Å². The largest absolute Gasteiger partial charge is 0.508 e. The minimum Gasteiger partial charge on any atom is -0.508 e. The molecule has 4 nitrogen and oxygen atoms in total. The van der Waals surface area contributed by atoms with Crippen LogP contribution in [-0.2, 0) is 9.47 Å². The number of aromatic hydroxyl groups is 1. The molecule has 0 radical (unpaired) electrons. The first-order valence-electron chi connectivity index (χ1n) is 7.90. The van der Waals surface area contributed by atoms with Crippen molar-refractivity contribution in [3.63, 3.8) is 0 Å². The van der Waals surface area contributed by atoms with Crippen molar-refractivity contribution >= 4 is 66.7 Å². The molecule has 28 heavy (non-hydrogen) atoms. The van der Waals surface area contributed by atoms with Crippen LogP contribution < -0.4 is 4.74 Å². The molecule has 2 aromatic rings. The summed E-state index contributed by atoms with van der Waals surface area (Å²) in [6.07, 6.45) is 0.680. The van der Waals surface area contributed by atoms with Gasteiger partial charge < -0.3 is 19.3 Å². The topological polar surface area (TPSA) is 54.5 Å². The van der Waals surface area contributed by atoms with Gasteiger partial charge in [0.1, 0.15) is 24.2 Å². The van der Waals surface area contributed by atoms with Gasteiger partial charge in [-0.1, -0.05) is 30.6 Å². The van der Waals surface area contributed by atoms with E-state index in [-0.39, 0.29) is 19.3 Å². The maximum absolute atomic E-state index is 8.83. The van der Waals surface area contributed by atoms with Crippen molar-refractivity contribution in [1.82, 2.24) is 0 Å². The summed E-state index contributed by atoms with van der Waals surface area (Å²) >= 11 is 23.3. The highest BCUT2D eigenvalue weighted by molar-refractivity contribution is 9.10. The third-order valence-corrected chi connectivity index (χ3v) is 6.02. The summed E-state index contributed by atoms with van der Waals surface area (Å²) in [5, 5.41) is 10.0. The summed E-state index contributed by atoms with van der Waals surface area (Å²) in [6.45, 7) is 2.30. The van der Waals surface area contributed by atoms with Gasteiger partial charge in [0.15, 0.2) is 0 Å². The quantitative estimate of drug-likeness (QED) is 0.315. The monoisotopic (exact) mass is 576 g/mol. The van der Waals surface area contributed by atoms with E-state index in [4.69, 9.17) is 54.1 Å². The van der Waals surface area contributed by atoms with Crippen LogP contribution in [0, 0.1) is 0 Å². The number of rotatable bonds is 4. The summed E-state index contributed by atoms with van der Waals surface area (Å²) < 4.78 is 16.9. The second kappa shape index (κ2) is 13.2. The Morgan fingerprint density at radius 2 is 1.50 bits per heavy atom. The van der Waals surface area contributed by atoms with Crippen LogP contribution in [0.5, 0.6) is 11.5 Å². The number of hydrogen-bond donors (Lipinski definition) is 1. The van der Waals surface area contributed by atoms with Crippen molar-refractivity contribution in [2.75, 3.05) is 25.7 Å². The fourth-order valence-corrected chi connectivity index (χ4v) is 2.58. The summed E-state index contributed by atoms with van der Waals surface area (Å²) in [6, 6.07) is 10.3. The average molecular weight is 580 g/mol. The lowest BCUT2D eigenvalue weighted by Crippen LogP contribution is -2.03. The Balaban J connectivity index is 0.000000227. The Morgan fingerprint density at radius 1 is 0.964 bits per heavy atom. The number of epoxide rings is 2. The standard InChI is InChI=1S/C9H8BrClO2.C6H4BrClO.C3H5ClO.CH4/c10-8-2-1-6(3-9(8)11)12-4-7-5-13-7;7-5-2-1-4(9)3-6(5)8;4-1-3-2-5-3;/h1-3,7H,4-5H2;1-3,9H;3H,1-2H2;1H4. The second-order valence-corrected chi connectivity index (χ2v) is 8.38. The molecular weight excluding hydrogens is 558 g/mol. The van der Waals surface area contributed by atoms with Crippen molar-refractivity contribution in [1.29, 1.82) is 0 Å². The Bertz CT molecular complexity index is 741. The molecule has 0 saturated carbocycles. The van der Waals surface area contributed by atoms with Crippen LogP contribution in [0.4, 0.5) is 0 Å². The van der Waals surface area contributed by atoms with Crippen LogP contribution in [0.25, 0.3) is 0 Å². The lowest BCUT2D eigenvalue weighted by atomic mass is 10.3. The number of phenolic OH excluding ortho intramolecular Hbond substituents is 1. The number of ether oxygens (including phenoxy) is 3. The molecule has 0 amide bonds. The van der Waals surface area contributed by atoms with Gasteiger partial charge in [0.05, 0.1) is 35.2 Å². The normalized spacial score (nSPS) is 18.5. The number of hydrogen-bond acceptors (Lipinski definition) is 4. The van der Waals surface area contributed by atoms with E-state index in [0.717, 1.165) is 27.9 Å². The van der Waals surface area contributed by atoms with Gasteiger partial charge in [-0.05, 0) is 68.3 Å². The smallest absolute Gasteiger partial charge is 0.121 e. The van der Waals surface area contributed by atoms with E-state index in [2.05, 4.69) is 31.9 Å². The first-order valence-corrected chi connectivity index (χ1v) is 10.8. The molecule has 2 aliphatic heterocycles. The van der Waals surface area contributed by atoms with Crippen LogP contribution in [0.1, 0.15) is 7.43 Å². The molecule has 0 aromatic heterocycles. The molecule has 0 spiro atoms. The lowest BCUT2D eigenvalue weighted by molar-refractivity contribution is 0.263. The first kappa shape index (κ1) is 25.8. The minimum atomic E-state index is 0. The van der Waals surface area contributed by atoms with Crippen LogP contribution in [0.2, 0.25) is 10.0 Å². The highest BCUT2D eigenvalue weighted by Crippen LogP contribution is 2.27. The maximum atomic E-state index is 8.83. The zero-order chi connectivity index (χ0) is 19.8. The van der Waals surface area contributed by atoms with Crippen molar-refractivity contribution in [2.45, 2.75) is 19.6 Å². The van der Waals surface area contributed by atoms with Crippen molar-refractivity contribution < 1.29 is 19.3 Å². The first-order chi connectivity index (χ1) is 12.9. The molecule has 2 aromatic carbocycles. The molecular formula is C19H21Br2Cl3O4. The third kappa shape index (κ3) is 10.5. The van der Waals surface area contributed by atoms with E-state index in [1.807, 2.05) is 12.1 Å². The van der Waals surface area contributed by atoms with E-state index >= 15 is 0 Å². The van der Waals surface area contributed by atoms with Gasteiger partial charge in [-0.3, -0.25) is 0 Å².